The summed E-state index contributed by atoms with van der Waals surface area (Å²) in [5.74, 6) is 0.116. The third-order valence-corrected chi connectivity index (χ3v) is 6.46. The van der Waals surface area contributed by atoms with E-state index in [1.54, 1.807) is 48.6 Å². The van der Waals surface area contributed by atoms with Crippen LogP contribution in [0.2, 0.25) is 0 Å². The third-order valence-electron chi connectivity index (χ3n) is 6.46. The number of nitrogens with zero attached hydrogens (tertiary/aromatic N) is 4. The number of hydrogen-bond donors (Lipinski definition) is 2. The van der Waals surface area contributed by atoms with Gasteiger partial charge in [-0.3, -0.25) is 9.59 Å². The van der Waals surface area contributed by atoms with Crippen LogP contribution in [-0.2, 0) is 11.2 Å². The molecule has 0 aliphatic carbocycles. The predicted octanol–water partition coefficient (Wildman–Crippen LogP) is 3.75. The second kappa shape index (κ2) is 10.5. The Bertz CT molecular complexity index is 1400. The number of amides is 2. The highest BCUT2D eigenvalue weighted by Gasteiger charge is 2.31. The Morgan fingerprint density at radius 1 is 1.13 bits per heavy atom. The molecule has 198 valence electrons. The second-order valence-electron chi connectivity index (χ2n) is 9.63. The first-order chi connectivity index (χ1) is 18.0. The number of aromatic nitrogens is 2. The number of fused-ring (bicyclic) bond motifs is 2. The van der Waals surface area contributed by atoms with Crippen LogP contribution in [0.15, 0.2) is 48.8 Å². The normalized spacial score (nSPS) is 12.9. The quantitative estimate of drug-likeness (QED) is 0.463. The van der Waals surface area contributed by atoms with Gasteiger partial charge in [0.2, 0.25) is 0 Å². The predicted molar refractivity (Wildman–Crippen MR) is 143 cm³/mol. The Labute approximate surface area is 221 Å². The van der Waals surface area contributed by atoms with Crippen molar-refractivity contribution in [1.82, 2.24) is 15.3 Å². The SMILES string of the molecule is CCN1c2ncc(CCOc3ccc(C(=O)NC(C)(C)C(=O)O)cc3C)cc2C(=O)N(C)c2cccnc21. The lowest BCUT2D eigenvalue weighted by Gasteiger charge is -2.22. The van der Waals surface area contributed by atoms with Crippen LogP contribution in [0.25, 0.3) is 0 Å². The number of carboxylic acid groups (broad SMARTS) is 1. The summed E-state index contributed by atoms with van der Waals surface area (Å²) < 4.78 is 5.95. The maximum Gasteiger partial charge on any atom is 0.328 e. The maximum atomic E-state index is 13.3. The number of hydrogen-bond acceptors (Lipinski definition) is 7. The van der Waals surface area contributed by atoms with Crippen LogP contribution in [0.1, 0.15) is 52.6 Å². The molecule has 1 aliphatic heterocycles. The molecule has 1 aromatic carbocycles. The Morgan fingerprint density at radius 2 is 1.89 bits per heavy atom. The van der Waals surface area contributed by atoms with Crippen molar-refractivity contribution in [2.45, 2.75) is 39.7 Å². The van der Waals surface area contributed by atoms with Crippen molar-refractivity contribution in [2.24, 2.45) is 0 Å². The van der Waals surface area contributed by atoms with Gasteiger partial charge in [0.15, 0.2) is 5.82 Å². The minimum atomic E-state index is -1.38. The molecule has 0 saturated heterocycles. The van der Waals surface area contributed by atoms with E-state index in [9.17, 15) is 19.5 Å². The topological polar surface area (TPSA) is 125 Å². The Morgan fingerprint density at radius 3 is 2.58 bits per heavy atom. The van der Waals surface area contributed by atoms with Crippen molar-refractivity contribution in [3.8, 4) is 5.75 Å². The first kappa shape index (κ1) is 26.6. The zero-order valence-electron chi connectivity index (χ0n) is 22.1. The van der Waals surface area contributed by atoms with Gasteiger partial charge in [0.05, 0.1) is 17.9 Å². The number of carbonyl (C=O) groups excluding carboxylic acids is 2. The molecule has 0 bridgehead atoms. The number of benzene rings is 1. The van der Waals surface area contributed by atoms with Gasteiger partial charge in [0, 0.05) is 38.0 Å². The number of carbonyl (C=O) groups is 3. The average Bonchev–Trinajstić information content (AvgIpc) is 2.97. The van der Waals surface area contributed by atoms with Gasteiger partial charge in [-0.15, -0.1) is 0 Å². The lowest BCUT2D eigenvalue weighted by atomic mass is 10.0. The van der Waals surface area contributed by atoms with E-state index in [1.807, 2.05) is 30.9 Å². The fourth-order valence-electron chi connectivity index (χ4n) is 4.20. The molecule has 3 aromatic rings. The number of aliphatic carboxylic acids is 1. The zero-order valence-corrected chi connectivity index (χ0v) is 22.1. The van der Waals surface area contributed by atoms with Crippen molar-refractivity contribution in [1.29, 1.82) is 0 Å². The van der Waals surface area contributed by atoms with E-state index in [4.69, 9.17) is 4.74 Å². The molecule has 4 rings (SSSR count). The standard InChI is InChI=1S/C28H31N5O5/c1-6-33-23-20(26(35)32(5)21-8-7-12-29-24(21)33)15-18(16-30-23)11-13-38-22-10-9-19(14-17(22)2)25(34)31-28(3,4)27(36)37/h7-10,12,14-16H,6,11,13H2,1-5H3,(H,31,34)(H,36,37). The molecule has 38 heavy (non-hydrogen) atoms. The molecular weight excluding hydrogens is 486 g/mol. The van der Waals surface area contributed by atoms with Gasteiger partial charge < -0.3 is 25.0 Å². The summed E-state index contributed by atoms with van der Waals surface area (Å²) in [6.45, 7) is 7.60. The number of rotatable bonds is 8. The van der Waals surface area contributed by atoms with E-state index in [-0.39, 0.29) is 5.91 Å². The lowest BCUT2D eigenvalue weighted by Crippen LogP contribution is -2.49. The summed E-state index contributed by atoms with van der Waals surface area (Å²) >= 11 is 0. The van der Waals surface area contributed by atoms with Gasteiger partial charge in [0.25, 0.3) is 11.8 Å². The van der Waals surface area contributed by atoms with Crippen LogP contribution in [0.4, 0.5) is 17.3 Å². The summed E-state index contributed by atoms with van der Waals surface area (Å²) in [5.41, 5.74) is 1.78. The molecule has 0 radical (unpaired) electrons. The first-order valence-corrected chi connectivity index (χ1v) is 12.3. The molecule has 0 fully saturated rings. The van der Waals surface area contributed by atoms with Crippen LogP contribution in [-0.4, -0.2) is 58.6 Å². The molecule has 1 aliphatic rings. The molecule has 0 atom stereocenters. The van der Waals surface area contributed by atoms with Crippen molar-refractivity contribution in [3.63, 3.8) is 0 Å². The van der Waals surface area contributed by atoms with E-state index < -0.39 is 17.4 Å². The molecule has 3 heterocycles. The van der Waals surface area contributed by atoms with Crippen molar-refractivity contribution >= 4 is 35.1 Å². The fourth-order valence-corrected chi connectivity index (χ4v) is 4.20. The van der Waals surface area contributed by atoms with Gasteiger partial charge in [-0.1, -0.05) is 0 Å². The Kier molecular flexibility index (Phi) is 7.34. The summed E-state index contributed by atoms with van der Waals surface area (Å²) in [7, 11) is 1.73. The van der Waals surface area contributed by atoms with Gasteiger partial charge in [0.1, 0.15) is 17.1 Å². The van der Waals surface area contributed by atoms with Crippen molar-refractivity contribution < 1.29 is 24.2 Å². The van der Waals surface area contributed by atoms with Crippen molar-refractivity contribution in [3.05, 3.63) is 71.0 Å². The van der Waals surface area contributed by atoms with Crippen LogP contribution < -0.4 is 19.9 Å². The smallest absolute Gasteiger partial charge is 0.328 e. The fraction of sp³-hybridized carbons (Fsp3) is 0.321. The van der Waals surface area contributed by atoms with E-state index in [0.717, 1.165) is 16.8 Å². The number of carboxylic acids is 1. The molecule has 0 unspecified atom stereocenters. The van der Waals surface area contributed by atoms with Crippen LogP contribution in [0.5, 0.6) is 5.75 Å². The van der Waals surface area contributed by atoms with Crippen LogP contribution in [0.3, 0.4) is 0 Å². The van der Waals surface area contributed by atoms with E-state index in [2.05, 4.69) is 15.3 Å². The largest absolute Gasteiger partial charge is 0.493 e. The molecule has 2 N–H and O–H groups in total. The van der Waals surface area contributed by atoms with E-state index in [1.165, 1.54) is 13.8 Å². The summed E-state index contributed by atoms with van der Waals surface area (Å²) in [4.78, 5) is 49.7. The summed E-state index contributed by atoms with van der Waals surface area (Å²) in [6, 6.07) is 10.5. The highest BCUT2D eigenvalue weighted by Crippen LogP contribution is 2.37. The Balaban J connectivity index is 1.46. The lowest BCUT2D eigenvalue weighted by molar-refractivity contribution is -0.143. The monoisotopic (exact) mass is 517 g/mol. The van der Waals surface area contributed by atoms with Gasteiger partial charge >= 0.3 is 5.97 Å². The molecule has 0 saturated carbocycles. The number of ether oxygens (including phenoxy) is 1. The first-order valence-electron chi connectivity index (χ1n) is 12.3. The van der Waals surface area contributed by atoms with E-state index in [0.29, 0.717) is 48.1 Å². The minimum absolute atomic E-state index is 0.156. The van der Waals surface area contributed by atoms with Crippen LogP contribution >= 0.6 is 0 Å². The Hall–Kier alpha value is -4.47. The average molecular weight is 518 g/mol. The molecule has 2 amide bonds. The van der Waals surface area contributed by atoms with Gasteiger partial charge in [-0.25, -0.2) is 14.8 Å². The van der Waals surface area contributed by atoms with Crippen molar-refractivity contribution in [2.75, 3.05) is 30.0 Å². The number of aryl methyl sites for hydroxylation is 1. The zero-order chi connectivity index (χ0) is 27.6. The number of anilines is 3. The minimum Gasteiger partial charge on any atom is -0.493 e. The summed E-state index contributed by atoms with van der Waals surface area (Å²) in [6.07, 6.45) is 3.97. The molecule has 10 nitrogen and oxygen atoms in total. The van der Waals surface area contributed by atoms with Crippen LogP contribution in [0, 0.1) is 6.92 Å². The number of pyridine rings is 2. The highest BCUT2D eigenvalue weighted by molar-refractivity contribution is 6.12. The third kappa shape index (κ3) is 5.15. The summed E-state index contributed by atoms with van der Waals surface area (Å²) in [5, 5.41) is 11.7. The van der Waals surface area contributed by atoms with Gasteiger partial charge in [-0.2, -0.15) is 0 Å². The molecule has 2 aromatic heterocycles. The maximum absolute atomic E-state index is 13.3. The number of nitrogens with one attached hydrogen (secondary N) is 1. The molecule has 0 spiro atoms. The second-order valence-corrected chi connectivity index (χ2v) is 9.63. The van der Waals surface area contributed by atoms with Gasteiger partial charge in [-0.05, 0) is 75.2 Å². The molecule has 10 heteroatoms. The molecular formula is C28H31N5O5. The highest BCUT2D eigenvalue weighted by atomic mass is 16.5. The van der Waals surface area contributed by atoms with E-state index >= 15 is 0 Å².